The summed E-state index contributed by atoms with van der Waals surface area (Å²) in [6.07, 6.45) is 0.522. The van der Waals surface area contributed by atoms with Gasteiger partial charge in [0.1, 0.15) is 11.6 Å². The highest BCUT2D eigenvalue weighted by molar-refractivity contribution is 5.84. The smallest absolute Gasteiger partial charge is 0.211 e. The summed E-state index contributed by atoms with van der Waals surface area (Å²) >= 11 is 0. The Hall–Kier alpha value is -2.23. The van der Waals surface area contributed by atoms with Crippen LogP contribution in [0.4, 0.5) is 14.5 Å². The number of hydrogen-bond acceptors (Lipinski definition) is 1. The second-order valence-corrected chi connectivity index (χ2v) is 3.47. The summed E-state index contributed by atoms with van der Waals surface area (Å²) < 4.78 is 26.2. The van der Waals surface area contributed by atoms with E-state index in [0.29, 0.717) is 23.2 Å². The van der Waals surface area contributed by atoms with Crippen molar-refractivity contribution in [1.29, 1.82) is 0 Å². The van der Waals surface area contributed by atoms with Crippen molar-refractivity contribution in [2.45, 2.75) is 0 Å². The van der Waals surface area contributed by atoms with E-state index in [1.807, 2.05) is 0 Å². The van der Waals surface area contributed by atoms with E-state index in [0.717, 1.165) is 6.07 Å². The molecule has 0 aliphatic carbocycles. The molecule has 4 heteroatoms. The van der Waals surface area contributed by atoms with Gasteiger partial charge in [0.25, 0.3) is 0 Å². The SMILES string of the molecule is O=CNc1ccccc1-c1cc(F)cc(F)c1. The van der Waals surface area contributed by atoms with Gasteiger partial charge in [-0.3, -0.25) is 4.79 Å². The minimum atomic E-state index is -0.652. The van der Waals surface area contributed by atoms with Crippen LogP contribution in [0.25, 0.3) is 11.1 Å². The Morgan fingerprint density at radius 2 is 1.65 bits per heavy atom. The maximum atomic E-state index is 13.1. The molecule has 0 aromatic heterocycles. The fraction of sp³-hybridized carbons (Fsp3) is 0. The maximum Gasteiger partial charge on any atom is 0.211 e. The molecule has 0 fully saturated rings. The number of halogens is 2. The van der Waals surface area contributed by atoms with Crippen molar-refractivity contribution in [3.05, 3.63) is 54.1 Å². The van der Waals surface area contributed by atoms with Crippen molar-refractivity contribution in [2.24, 2.45) is 0 Å². The molecular weight excluding hydrogens is 224 g/mol. The second kappa shape index (κ2) is 4.74. The highest BCUT2D eigenvalue weighted by atomic mass is 19.1. The molecule has 0 aliphatic rings. The molecule has 0 aliphatic heterocycles. The number of nitrogens with one attached hydrogen (secondary N) is 1. The standard InChI is InChI=1S/C13H9F2NO/c14-10-5-9(6-11(15)7-10)12-3-1-2-4-13(12)16-8-17/h1-8H,(H,16,17). The van der Waals surface area contributed by atoms with Crippen LogP contribution in [-0.2, 0) is 4.79 Å². The predicted molar refractivity (Wildman–Crippen MR) is 61.5 cm³/mol. The molecular formula is C13H9F2NO. The molecule has 2 aromatic carbocycles. The molecule has 2 aromatic rings. The monoisotopic (exact) mass is 233 g/mol. The molecule has 17 heavy (non-hydrogen) atoms. The van der Waals surface area contributed by atoms with Gasteiger partial charge in [-0.05, 0) is 23.8 Å². The van der Waals surface area contributed by atoms with E-state index in [1.165, 1.54) is 12.1 Å². The number of hydrogen-bond donors (Lipinski definition) is 1. The summed E-state index contributed by atoms with van der Waals surface area (Å²) in [4.78, 5) is 10.4. The maximum absolute atomic E-state index is 13.1. The van der Waals surface area contributed by atoms with E-state index in [2.05, 4.69) is 5.32 Å². The minimum absolute atomic E-state index is 0.382. The van der Waals surface area contributed by atoms with E-state index in [4.69, 9.17) is 0 Å². The van der Waals surface area contributed by atoms with E-state index >= 15 is 0 Å². The normalized spacial score (nSPS) is 10.0. The van der Waals surface area contributed by atoms with Crippen LogP contribution >= 0.6 is 0 Å². The summed E-state index contributed by atoms with van der Waals surface area (Å²) in [5, 5.41) is 2.49. The second-order valence-electron chi connectivity index (χ2n) is 3.47. The lowest BCUT2D eigenvalue weighted by Gasteiger charge is -2.08. The molecule has 0 saturated carbocycles. The number of anilines is 1. The Kier molecular flexibility index (Phi) is 3.14. The van der Waals surface area contributed by atoms with Crippen LogP contribution in [-0.4, -0.2) is 6.41 Å². The van der Waals surface area contributed by atoms with Gasteiger partial charge < -0.3 is 5.32 Å². The average molecular weight is 233 g/mol. The number of amides is 1. The molecule has 0 bridgehead atoms. The third-order valence-corrected chi connectivity index (χ3v) is 2.32. The van der Waals surface area contributed by atoms with Gasteiger partial charge in [-0.1, -0.05) is 18.2 Å². The van der Waals surface area contributed by atoms with Crippen molar-refractivity contribution >= 4 is 12.1 Å². The topological polar surface area (TPSA) is 29.1 Å². The zero-order valence-corrected chi connectivity index (χ0v) is 8.78. The lowest BCUT2D eigenvalue weighted by atomic mass is 10.0. The van der Waals surface area contributed by atoms with E-state index in [-0.39, 0.29) is 0 Å². The van der Waals surface area contributed by atoms with Gasteiger partial charge in [-0.15, -0.1) is 0 Å². The first-order valence-corrected chi connectivity index (χ1v) is 4.96. The van der Waals surface area contributed by atoms with Crippen LogP contribution in [0.2, 0.25) is 0 Å². The van der Waals surface area contributed by atoms with Gasteiger partial charge in [-0.2, -0.15) is 0 Å². The van der Waals surface area contributed by atoms with Crippen molar-refractivity contribution in [3.8, 4) is 11.1 Å². The average Bonchev–Trinajstić information content (AvgIpc) is 2.29. The van der Waals surface area contributed by atoms with Crippen molar-refractivity contribution in [2.75, 3.05) is 5.32 Å². The lowest BCUT2D eigenvalue weighted by molar-refractivity contribution is -0.105. The zero-order valence-electron chi connectivity index (χ0n) is 8.78. The largest absolute Gasteiger partial charge is 0.328 e. The Morgan fingerprint density at radius 3 is 2.29 bits per heavy atom. The molecule has 0 atom stereocenters. The van der Waals surface area contributed by atoms with Crippen molar-refractivity contribution in [1.82, 2.24) is 0 Å². The molecule has 0 unspecified atom stereocenters. The van der Waals surface area contributed by atoms with E-state index in [1.54, 1.807) is 24.3 Å². The van der Waals surface area contributed by atoms with Gasteiger partial charge in [0.2, 0.25) is 6.41 Å². The van der Waals surface area contributed by atoms with Crippen LogP contribution < -0.4 is 5.32 Å². The fourth-order valence-corrected chi connectivity index (χ4v) is 1.63. The Labute approximate surface area is 96.9 Å². The van der Waals surface area contributed by atoms with Crippen molar-refractivity contribution < 1.29 is 13.6 Å². The number of benzene rings is 2. The molecule has 0 radical (unpaired) electrons. The van der Waals surface area contributed by atoms with Crippen LogP contribution in [0.5, 0.6) is 0 Å². The Bertz CT molecular complexity index is 535. The molecule has 86 valence electrons. The van der Waals surface area contributed by atoms with Gasteiger partial charge >= 0.3 is 0 Å². The summed E-state index contributed by atoms with van der Waals surface area (Å²) in [6.45, 7) is 0. The van der Waals surface area contributed by atoms with Crippen LogP contribution in [0, 0.1) is 11.6 Å². The molecule has 1 amide bonds. The van der Waals surface area contributed by atoms with Gasteiger partial charge in [0, 0.05) is 17.3 Å². The van der Waals surface area contributed by atoms with Gasteiger partial charge in [-0.25, -0.2) is 8.78 Å². The summed E-state index contributed by atoms with van der Waals surface area (Å²) in [5.41, 5.74) is 1.46. The first-order chi connectivity index (χ1) is 8.20. The molecule has 2 rings (SSSR count). The number of para-hydroxylation sites is 1. The number of rotatable bonds is 3. The molecule has 0 saturated heterocycles. The summed E-state index contributed by atoms with van der Waals surface area (Å²) in [7, 11) is 0. The zero-order chi connectivity index (χ0) is 12.3. The molecule has 2 nitrogen and oxygen atoms in total. The van der Waals surface area contributed by atoms with Crippen molar-refractivity contribution in [3.63, 3.8) is 0 Å². The lowest BCUT2D eigenvalue weighted by Crippen LogP contribution is -1.96. The number of carbonyl (C=O) groups is 1. The third-order valence-electron chi connectivity index (χ3n) is 2.32. The summed E-state index contributed by atoms with van der Waals surface area (Å²) in [5.74, 6) is -1.30. The van der Waals surface area contributed by atoms with E-state index in [9.17, 15) is 13.6 Å². The van der Waals surface area contributed by atoms with Crippen LogP contribution in [0.3, 0.4) is 0 Å². The molecule has 0 spiro atoms. The number of carbonyl (C=O) groups excluding carboxylic acids is 1. The van der Waals surface area contributed by atoms with E-state index < -0.39 is 11.6 Å². The van der Waals surface area contributed by atoms with Gasteiger partial charge in [0.15, 0.2) is 0 Å². The highest BCUT2D eigenvalue weighted by Gasteiger charge is 2.07. The summed E-state index contributed by atoms with van der Waals surface area (Å²) in [6, 6.07) is 10.0. The Morgan fingerprint density at radius 1 is 1.00 bits per heavy atom. The first-order valence-electron chi connectivity index (χ1n) is 4.96. The van der Waals surface area contributed by atoms with Gasteiger partial charge in [0.05, 0.1) is 0 Å². The first kappa shape index (κ1) is 11.3. The highest BCUT2D eigenvalue weighted by Crippen LogP contribution is 2.28. The van der Waals surface area contributed by atoms with Crippen LogP contribution in [0.15, 0.2) is 42.5 Å². The fourth-order valence-electron chi connectivity index (χ4n) is 1.63. The Balaban J connectivity index is 2.55. The minimum Gasteiger partial charge on any atom is -0.328 e. The van der Waals surface area contributed by atoms with Crippen LogP contribution in [0.1, 0.15) is 0 Å². The molecule has 0 heterocycles. The predicted octanol–water partition coefficient (Wildman–Crippen LogP) is 3.20. The third kappa shape index (κ3) is 2.47. The molecule has 1 N–H and O–H groups in total. The quantitative estimate of drug-likeness (QED) is 0.810.